The van der Waals surface area contributed by atoms with Crippen molar-refractivity contribution in [2.75, 3.05) is 32.1 Å². The normalized spacial score (nSPS) is 15.0. The number of aromatic nitrogens is 3. The molecule has 0 N–H and O–H groups in total. The van der Waals surface area contributed by atoms with E-state index in [1.165, 1.54) is 11.8 Å². The van der Waals surface area contributed by atoms with E-state index in [0.717, 1.165) is 5.56 Å². The minimum Gasteiger partial charge on any atom is -0.378 e. The molecule has 2 aromatic rings. The molecule has 0 spiro atoms. The summed E-state index contributed by atoms with van der Waals surface area (Å²) in [4.78, 5) is 14.3. The van der Waals surface area contributed by atoms with Crippen LogP contribution in [0.25, 0.3) is 0 Å². The first kappa shape index (κ1) is 20.8. The summed E-state index contributed by atoms with van der Waals surface area (Å²) >= 11 is 1.28. The number of ether oxygens (including phenoxy) is 1. The third-order valence-corrected chi connectivity index (χ3v) is 7.08. The van der Waals surface area contributed by atoms with Crippen molar-refractivity contribution in [1.82, 2.24) is 19.7 Å². The van der Waals surface area contributed by atoms with Crippen molar-refractivity contribution in [2.24, 2.45) is 0 Å². The summed E-state index contributed by atoms with van der Waals surface area (Å²) in [7, 11) is -3.52. The molecule has 28 heavy (non-hydrogen) atoms. The molecular formula is C18H24N4O4S2. The van der Waals surface area contributed by atoms with E-state index in [0.29, 0.717) is 43.8 Å². The fourth-order valence-electron chi connectivity index (χ4n) is 2.88. The molecule has 1 fully saturated rings. The molecule has 3 rings (SSSR count). The molecule has 0 aliphatic carbocycles. The van der Waals surface area contributed by atoms with E-state index in [2.05, 4.69) is 10.2 Å². The van der Waals surface area contributed by atoms with Gasteiger partial charge in [-0.1, -0.05) is 29.5 Å². The second kappa shape index (κ2) is 9.06. The highest BCUT2D eigenvalue weighted by molar-refractivity contribution is 7.99. The average molecular weight is 425 g/mol. The van der Waals surface area contributed by atoms with Crippen molar-refractivity contribution in [3.8, 4) is 0 Å². The van der Waals surface area contributed by atoms with Crippen LogP contribution in [0.4, 0.5) is 0 Å². The van der Waals surface area contributed by atoms with Gasteiger partial charge < -0.3 is 14.2 Å². The van der Waals surface area contributed by atoms with E-state index in [9.17, 15) is 13.2 Å². The molecule has 0 unspecified atom stereocenters. The van der Waals surface area contributed by atoms with Crippen LogP contribution in [0, 0.1) is 6.92 Å². The maximum Gasteiger partial charge on any atom is 0.233 e. The van der Waals surface area contributed by atoms with Crippen molar-refractivity contribution in [2.45, 2.75) is 36.2 Å². The summed E-state index contributed by atoms with van der Waals surface area (Å²) in [5.74, 6) is 0.412. The molecule has 10 heteroatoms. The molecule has 0 saturated carbocycles. The van der Waals surface area contributed by atoms with E-state index in [1.54, 1.807) is 33.7 Å². The third kappa shape index (κ3) is 4.92. The van der Waals surface area contributed by atoms with Gasteiger partial charge in [0, 0.05) is 19.6 Å². The van der Waals surface area contributed by atoms with Crippen LogP contribution in [-0.2, 0) is 31.7 Å². The summed E-state index contributed by atoms with van der Waals surface area (Å²) in [6.07, 6.45) is 0. The Labute approximate surface area is 169 Å². The number of rotatable bonds is 7. The molecule has 1 aromatic carbocycles. The first-order valence-corrected chi connectivity index (χ1v) is 11.7. The second-order valence-electron chi connectivity index (χ2n) is 6.50. The molecule has 0 radical (unpaired) electrons. The quantitative estimate of drug-likeness (QED) is 0.622. The Bertz CT molecular complexity index is 920. The number of thioether (sulfide) groups is 1. The zero-order valence-corrected chi connectivity index (χ0v) is 17.6. The number of carbonyl (C=O) groups excluding carboxylic acids is 1. The van der Waals surface area contributed by atoms with Gasteiger partial charge in [-0.25, -0.2) is 8.42 Å². The number of amides is 1. The van der Waals surface area contributed by atoms with Crippen molar-refractivity contribution in [3.05, 3.63) is 35.7 Å². The van der Waals surface area contributed by atoms with Gasteiger partial charge in [-0.15, -0.1) is 10.2 Å². The van der Waals surface area contributed by atoms with Gasteiger partial charge >= 0.3 is 0 Å². The Balaban J connectivity index is 1.69. The number of carbonyl (C=O) groups is 1. The number of hydrogen-bond donors (Lipinski definition) is 0. The number of hydrogen-bond acceptors (Lipinski definition) is 7. The molecule has 1 aliphatic heterocycles. The highest BCUT2D eigenvalue weighted by Gasteiger charge is 2.22. The average Bonchev–Trinajstić information content (AvgIpc) is 3.07. The Morgan fingerprint density at radius 3 is 2.50 bits per heavy atom. The van der Waals surface area contributed by atoms with Gasteiger partial charge in [0.15, 0.2) is 15.0 Å². The van der Waals surface area contributed by atoms with Crippen LogP contribution in [0.1, 0.15) is 18.3 Å². The van der Waals surface area contributed by atoms with Gasteiger partial charge in [-0.05, 0) is 26.0 Å². The Morgan fingerprint density at radius 1 is 1.18 bits per heavy atom. The third-order valence-electron chi connectivity index (χ3n) is 4.50. The van der Waals surface area contributed by atoms with Gasteiger partial charge in [0.25, 0.3) is 0 Å². The Hall–Kier alpha value is -1.91. The number of benzene rings is 1. The monoisotopic (exact) mass is 424 g/mol. The number of aryl methyl sites for hydroxylation is 1. The minimum absolute atomic E-state index is 0.0211. The fourth-order valence-corrected chi connectivity index (χ4v) is 5.07. The SMILES string of the molecule is CCn1c(CS(=O)(=O)c2ccc(C)cc2)nnc1SCC(=O)N1CCOCC1. The molecular weight excluding hydrogens is 400 g/mol. The van der Waals surface area contributed by atoms with Crippen LogP contribution in [0.5, 0.6) is 0 Å². The summed E-state index contributed by atoms with van der Waals surface area (Å²) in [6, 6.07) is 6.76. The molecule has 1 aliphatic rings. The predicted molar refractivity (Wildman–Crippen MR) is 106 cm³/mol. The van der Waals surface area contributed by atoms with E-state index in [4.69, 9.17) is 4.74 Å². The summed E-state index contributed by atoms with van der Waals surface area (Å²) < 4.78 is 32.4. The highest BCUT2D eigenvalue weighted by atomic mass is 32.2. The summed E-state index contributed by atoms with van der Waals surface area (Å²) in [5.41, 5.74) is 0.999. The predicted octanol–water partition coefficient (Wildman–Crippen LogP) is 1.53. The lowest BCUT2D eigenvalue weighted by atomic mass is 10.2. The number of sulfone groups is 1. The van der Waals surface area contributed by atoms with Crippen LogP contribution in [0.15, 0.2) is 34.3 Å². The standard InChI is InChI=1S/C18H24N4O4S2/c1-3-22-16(13-28(24,25)15-6-4-14(2)5-7-15)19-20-18(22)27-12-17(23)21-8-10-26-11-9-21/h4-7H,3,8-13H2,1-2H3. The largest absolute Gasteiger partial charge is 0.378 e. The van der Waals surface area contributed by atoms with Crippen molar-refractivity contribution >= 4 is 27.5 Å². The van der Waals surface area contributed by atoms with E-state index in [1.807, 2.05) is 13.8 Å². The van der Waals surface area contributed by atoms with Gasteiger partial charge in [0.2, 0.25) is 5.91 Å². The molecule has 2 heterocycles. The first-order valence-electron chi connectivity index (χ1n) is 9.10. The van der Waals surface area contributed by atoms with E-state index in [-0.39, 0.29) is 22.3 Å². The van der Waals surface area contributed by atoms with Gasteiger partial charge in [-0.3, -0.25) is 4.79 Å². The molecule has 8 nitrogen and oxygen atoms in total. The summed E-state index contributed by atoms with van der Waals surface area (Å²) in [5, 5.41) is 8.74. The molecule has 1 saturated heterocycles. The van der Waals surface area contributed by atoms with E-state index >= 15 is 0 Å². The number of morpholine rings is 1. The van der Waals surface area contributed by atoms with Gasteiger partial charge in [-0.2, -0.15) is 0 Å². The first-order chi connectivity index (χ1) is 13.4. The van der Waals surface area contributed by atoms with Crippen LogP contribution in [0.2, 0.25) is 0 Å². The van der Waals surface area contributed by atoms with Gasteiger partial charge in [0.1, 0.15) is 11.6 Å². The topological polar surface area (TPSA) is 94.4 Å². The maximum absolute atomic E-state index is 12.7. The summed E-state index contributed by atoms with van der Waals surface area (Å²) in [6.45, 7) is 6.65. The molecule has 1 aromatic heterocycles. The van der Waals surface area contributed by atoms with Gasteiger partial charge in [0.05, 0.1) is 23.9 Å². The van der Waals surface area contributed by atoms with Crippen LogP contribution in [0.3, 0.4) is 0 Å². The van der Waals surface area contributed by atoms with Crippen molar-refractivity contribution in [3.63, 3.8) is 0 Å². The molecule has 152 valence electrons. The Morgan fingerprint density at radius 2 is 1.86 bits per heavy atom. The zero-order chi connectivity index (χ0) is 20.1. The minimum atomic E-state index is -3.52. The Kier molecular flexibility index (Phi) is 6.73. The molecule has 0 atom stereocenters. The van der Waals surface area contributed by atoms with Crippen molar-refractivity contribution in [1.29, 1.82) is 0 Å². The van der Waals surface area contributed by atoms with Crippen LogP contribution < -0.4 is 0 Å². The highest BCUT2D eigenvalue weighted by Crippen LogP contribution is 2.21. The van der Waals surface area contributed by atoms with Crippen LogP contribution >= 0.6 is 11.8 Å². The maximum atomic E-state index is 12.7. The molecule has 0 bridgehead atoms. The lowest BCUT2D eigenvalue weighted by Gasteiger charge is -2.26. The zero-order valence-electron chi connectivity index (χ0n) is 16.0. The lowest BCUT2D eigenvalue weighted by Crippen LogP contribution is -2.41. The molecule has 1 amide bonds. The van der Waals surface area contributed by atoms with Crippen molar-refractivity contribution < 1.29 is 17.9 Å². The second-order valence-corrected chi connectivity index (χ2v) is 9.43. The fraction of sp³-hybridized carbons (Fsp3) is 0.500. The number of nitrogens with zero attached hydrogens (tertiary/aromatic N) is 4. The smallest absolute Gasteiger partial charge is 0.233 e. The lowest BCUT2D eigenvalue weighted by molar-refractivity contribution is -0.132. The van der Waals surface area contributed by atoms with Crippen LogP contribution in [-0.4, -0.2) is 66.0 Å². The van der Waals surface area contributed by atoms with E-state index < -0.39 is 9.84 Å².